The third kappa shape index (κ3) is 4.12. The maximum atomic E-state index is 8.77. The number of nitrogens with zero attached hydrogens (tertiary/aromatic N) is 4. The first-order valence-electron chi connectivity index (χ1n) is 7.57. The Morgan fingerprint density at radius 3 is 2.95 bits per heavy atom. The largest absolute Gasteiger partial charge is 0.409 e. The molecule has 0 atom stereocenters. The van der Waals surface area contributed by atoms with Crippen LogP contribution in [0.5, 0.6) is 0 Å². The minimum absolute atomic E-state index is 0.267. The molecule has 0 radical (unpaired) electrons. The molecule has 0 amide bonds. The second-order valence-corrected chi connectivity index (χ2v) is 7.24. The van der Waals surface area contributed by atoms with Crippen molar-refractivity contribution < 1.29 is 5.21 Å². The summed E-state index contributed by atoms with van der Waals surface area (Å²) < 4.78 is 2.27. The maximum absolute atomic E-state index is 8.77. The Balaban J connectivity index is 1.83. The summed E-state index contributed by atoms with van der Waals surface area (Å²) in [5.74, 6) is 2.40. The fraction of sp³-hybridized carbons (Fsp3) is 0.786. The molecule has 0 saturated carbocycles. The molecule has 118 valence electrons. The highest BCUT2D eigenvalue weighted by Gasteiger charge is 2.23. The van der Waals surface area contributed by atoms with E-state index < -0.39 is 0 Å². The van der Waals surface area contributed by atoms with E-state index in [1.165, 1.54) is 19.3 Å². The minimum atomic E-state index is -0.267. The lowest BCUT2D eigenvalue weighted by molar-refractivity contribution is 0.305. The van der Waals surface area contributed by atoms with Crippen molar-refractivity contribution in [2.24, 2.45) is 16.3 Å². The number of hydrogen-bond donors (Lipinski definition) is 2. The molecule has 0 spiro atoms. The molecule has 1 aliphatic rings. The average Bonchev–Trinajstić information content (AvgIpc) is 2.70. The van der Waals surface area contributed by atoms with E-state index in [0.29, 0.717) is 5.84 Å². The Morgan fingerprint density at radius 1 is 1.38 bits per heavy atom. The van der Waals surface area contributed by atoms with Gasteiger partial charge in [0.05, 0.1) is 0 Å². The van der Waals surface area contributed by atoms with E-state index in [-0.39, 0.29) is 5.41 Å². The van der Waals surface area contributed by atoms with Crippen LogP contribution in [-0.2, 0) is 13.0 Å². The number of amidine groups is 1. The molecule has 0 unspecified atom stereocenters. The Morgan fingerprint density at radius 2 is 2.19 bits per heavy atom. The third-order valence-corrected chi connectivity index (χ3v) is 5.11. The van der Waals surface area contributed by atoms with Gasteiger partial charge < -0.3 is 15.5 Å². The lowest BCUT2D eigenvalue weighted by Crippen LogP contribution is -2.31. The number of aryl methyl sites for hydroxylation is 1. The first kappa shape index (κ1) is 16.1. The SMILES string of the molecule is CC(C)(CCCSc1nnc2n1CCCCC2)C(N)=NO. The van der Waals surface area contributed by atoms with E-state index >= 15 is 0 Å². The zero-order valence-corrected chi connectivity index (χ0v) is 13.7. The molecule has 0 saturated heterocycles. The molecule has 1 aliphatic heterocycles. The van der Waals surface area contributed by atoms with Crippen LogP contribution >= 0.6 is 11.8 Å². The summed E-state index contributed by atoms with van der Waals surface area (Å²) in [6.45, 7) is 5.03. The highest BCUT2D eigenvalue weighted by atomic mass is 32.2. The van der Waals surface area contributed by atoms with Gasteiger partial charge in [0.15, 0.2) is 5.16 Å². The summed E-state index contributed by atoms with van der Waals surface area (Å²) in [6, 6.07) is 0. The van der Waals surface area contributed by atoms with Crippen LogP contribution in [0.2, 0.25) is 0 Å². The smallest absolute Gasteiger partial charge is 0.191 e. The van der Waals surface area contributed by atoms with Gasteiger partial charge in [-0.2, -0.15) is 0 Å². The van der Waals surface area contributed by atoms with Crippen LogP contribution in [0.4, 0.5) is 0 Å². The monoisotopic (exact) mass is 311 g/mol. The molecule has 21 heavy (non-hydrogen) atoms. The molecular weight excluding hydrogens is 286 g/mol. The first-order valence-corrected chi connectivity index (χ1v) is 8.56. The number of hydrogen-bond acceptors (Lipinski definition) is 5. The van der Waals surface area contributed by atoms with Crippen LogP contribution < -0.4 is 5.73 Å². The summed E-state index contributed by atoms with van der Waals surface area (Å²) >= 11 is 1.76. The molecular formula is C14H25N5OS. The molecule has 2 rings (SSSR count). The van der Waals surface area contributed by atoms with E-state index in [4.69, 9.17) is 10.9 Å². The van der Waals surface area contributed by atoms with Crippen molar-refractivity contribution in [1.29, 1.82) is 0 Å². The van der Waals surface area contributed by atoms with E-state index in [1.54, 1.807) is 11.8 Å². The van der Waals surface area contributed by atoms with Crippen LogP contribution in [-0.4, -0.2) is 31.6 Å². The predicted molar refractivity (Wildman–Crippen MR) is 84.7 cm³/mol. The molecule has 6 nitrogen and oxygen atoms in total. The number of aromatic nitrogens is 3. The minimum Gasteiger partial charge on any atom is -0.409 e. The van der Waals surface area contributed by atoms with E-state index in [2.05, 4.69) is 19.9 Å². The highest BCUT2D eigenvalue weighted by Crippen LogP contribution is 2.26. The van der Waals surface area contributed by atoms with Gasteiger partial charge in [-0.05, 0) is 25.7 Å². The standard InChI is InChI=1S/C14H25N5OS/c1-14(2,12(15)18-20)8-6-10-21-13-17-16-11-7-4-3-5-9-19(11)13/h20H,3-10H2,1-2H3,(H2,15,18). The Hall–Kier alpha value is -1.24. The van der Waals surface area contributed by atoms with Crippen molar-refractivity contribution in [2.45, 2.75) is 64.1 Å². The lowest BCUT2D eigenvalue weighted by atomic mass is 9.87. The second-order valence-electron chi connectivity index (χ2n) is 6.18. The number of thioether (sulfide) groups is 1. The van der Waals surface area contributed by atoms with Gasteiger partial charge in [0.2, 0.25) is 0 Å². The summed E-state index contributed by atoms with van der Waals surface area (Å²) in [7, 11) is 0. The van der Waals surface area contributed by atoms with Gasteiger partial charge in [-0.3, -0.25) is 0 Å². The van der Waals surface area contributed by atoms with E-state index in [9.17, 15) is 0 Å². The summed E-state index contributed by atoms with van der Waals surface area (Å²) in [4.78, 5) is 0. The zero-order chi connectivity index (χ0) is 15.3. The van der Waals surface area contributed by atoms with Gasteiger partial charge in [0, 0.05) is 24.1 Å². The summed E-state index contributed by atoms with van der Waals surface area (Å²) in [5, 5.41) is 21.5. The zero-order valence-electron chi connectivity index (χ0n) is 12.9. The van der Waals surface area contributed by atoms with Gasteiger partial charge >= 0.3 is 0 Å². The van der Waals surface area contributed by atoms with Crippen LogP contribution in [0.3, 0.4) is 0 Å². The van der Waals surface area contributed by atoms with Gasteiger partial charge in [0.25, 0.3) is 0 Å². The molecule has 1 aromatic heterocycles. The van der Waals surface area contributed by atoms with Gasteiger partial charge in [-0.25, -0.2) is 0 Å². The summed E-state index contributed by atoms with van der Waals surface area (Å²) in [6.07, 6.45) is 6.64. The van der Waals surface area contributed by atoms with Crippen LogP contribution in [0.15, 0.2) is 10.3 Å². The number of nitrogens with two attached hydrogens (primary N) is 1. The number of fused-ring (bicyclic) bond motifs is 1. The lowest BCUT2D eigenvalue weighted by Gasteiger charge is -2.22. The van der Waals surface area contributed by atoms with Crippen molar-refractivity contribution >= 4 is 17.6 Å². The second kappa shape index (κ2) is 7.15. The first-order chi connectivity index (χ1) is 10.0. The third-order valence-electron chi connectivity index (χ3n) is 4.05. The topological polar surface area (TPSA) is 89.3 Å². The summed E-state index contributed by atoms with van der Waals surface area (Å²) in [5.41, 5.74) is 5.44. The normalized spacial score (nSPS) is 16.6. The van der Waals surface area contributed by atoms with Crippen molar-refractivity contribution in [1.82, 2.24) is 14.8 Å². The molecule has 1 aromatic rings. The Labute approximate surface area is 130 Å². The van der Waals surface area contributed by atoms with Crippen LogP contribution in [0.25, 0.3) is 0 Å². The predicted octanol–water partition coefficient (Wildman–Crippen LogP) is 2.65. The molecule has 2 heterocycles. The van der Waals surface area contributed by atoms with Gasteiger partial charge in [-0.15, -0.1) is 10.2 Å². The van der Waals surface area contributed by atoms with Crippen LogP contribution in [0, 0.1) is 5.41 Å². The average molecular weight is 311 g/mol. The molecule has 0 aromatic carbocycles. The fourth-order valence-corrected chi connectivity index (χ4v) is 3.43. The molecule has 0 bridgehead atoms. The maximum Gasteiger partial charge on any atom is 0.191 e. The Kier molecular flexibility index (Phi) is 5.50. The fourth-order valence-electron chi connectivity index (χ4n) is 2.51. The number of rotatable bonds is 6. The van der Waals surface area contributed by atoms with Crippen molar-refractivity contribution in [3.05, 3.63) is 5.82 Å². The molecule has 0 aliphatic carbocycles. The van der Waals surface area contributed by atoms with Crippen molar-refractivity contribution in [3.8, 4) is 0 Å². The highest BCUT2D eigenvalue weighted by molar-refractivity contribution is 7.99. The molecule has 7 heteroatoms. The molecule has 3 N–H and O–H groups in total. The molecule has 0 fully saturated rings. The van der Waals surface area contributed by atoms with Crippen molar-refractivity contribution in [2.75, 3.05) is 5.75 Å². The van der Waals surface area contributed by atoms with Gasteiger partial charge in [-0.1, -0.05) is 37.2 Å². The van der Waals surface area contributed by atoms with Crippen LogP contribution in [0.1, 0.15) is 51.8 Å². The Bertz CT molecular complexity index is 498. The van der Waals surface area contributed by atoms with E-state index in [0.717, 1.165) is 42.5 Å². The van der Waals surface area contributed by atoms with E-state index in [1.807, 2.05) is 13.8 Å². The van der Waals surface area contributed by atoms with Crippen molar-refractivity contribution in [3.63, 3.8) is 0 Å². The number of oxime groups is 1. The van der Waals surface area contributed by atoms with Gasteiger partial charge in [0.1, 0.15) is 11.7 Å². The quantitative estimate of drug-likeness (QED) is 0.210.